The van der Waals surface area contributed by atoms with Crippen LogP contribution in [0.15, 0.2) is 78.9 Å². The van der Waals surface area contributed by atoms with Crippen LogP contribution in [0.2, 0.25) is 0 Å². The first-order valence-corrected chi connectivity index (χ1v) is 15.9. The van der Waals surface area contributed by atoms with Crippen LogP contribution in [0, 0.1) is 5.92 Å². The van der Waals surface area contributed by atoms with Crippen molar-refractivity contribution in [3.05, 3.63) is 107 Å². The highest BCUT2D eigenvalue weighted by Crippen LogP contribution is 2.42. The maximum atomic E-state index is 12.7. The van der Waals surface area contributed by atoms with Crippen LogP contribution in [0.1, 0.15) is 66.4 Å². The standard InChI is InChI=1S/C36H45N3O6/c1-25-32(23-39-19-7-4-8-20-39)44-35(45-33(25)29-15-13-28(24-40)14-16-29)30-17-11-27(12-18-30)22-37-36(42)38-31(34(41)43-2)21-26-9-5-3-6-10-26/h3,5-6,9-18,25,31-33,35,40H,4,7-8,19-24H2,1-2H3,(H2,37,38,42)/t25-,31-,32+,33+,35+/m0/s1. The fourth-order valence-corrected chi connectivity index (χ4v) is 6.09. The molecular weight excluding hydrogens is 570 g/mol. The first-order valence-electron chi connectivity index (χ1n) is 15.9. The fourth-order valence-electron chi connectivity index (χ4n) is 6.09. The van der Waals surface area contributed by atoms with Crippen molar-refractivity contribution in [1.82, 2.24) is 15.5 Å². The maximum absolute atomic E-state index is 12.7. The van der Waals surface area contributed by atoms with Crippen LogP contribution in [0.25, 0.3) is 0 Å². The van der Waals surface area contributed by atoms with Gasteiger partial charge in [-0.05, 0) is 48.2 Å². The van der Waals surface area contributed by atoms with Gasteiger partial charge in [0.05, 0.1) is 25.9 Å². The normalized spacial score (nSPS) is 22.7. The Bertz CT molecular complexity index is 1360. The van der Waals surface area contributed by atoms with Gasteiger partial charge in [0, 0.05) is 31.0 Å². The number of ether oxygens (including phenoxy) is 3. The molecule has 3 aromatic carbocycles. The van der Waals surface area contributed by atoms with E-state index in [0.29, 0.717) is 6.42 Å². The summed E-state index contributed by atoms with van der Waals surface area (Å²) >= 11 is 0. The lowest BCUT2D eigenvalue weighted by Gasteiger charge is -2.43. The molecule has 5 rings (SSSR count). The Hall–Kier alpha value is -3.76. The van der Waals surface area contributed by atoms with E-state index < -0.39 is 24.3 Å². The summed E-state index contributed by atoms with van der Waals surface area (Å²) in [6.07, 6.45) is 3.35. The van der Waals surface area contributed by atoms with Crippen molar-refractivity contribution in [1.29, 1.82) is 0 Å². The van der Waals surface area contributed by atoms with Crippen LogP contribution in [-0.2, 0) is 38.6 Å². The summed E-state index contributed by atoms with van der Waals surface area (Å²) in [6.45, 7) is 5.53. The number of aliphatic hydroxyl groups is 1. The fraction of sp³-hybridized carbons (Fsp3) is 0.444. The molecule has 2 aliphatic heterocycles. The van der Waals surface area contributed by atoms with Crippen molar-refractivity contribution in [2.75, 3.05) is 26.7 Å². The predicted octanol–water partition coefficient (Wildman–Crippen LogP) is 5.04. The number of nitrogens with zero attached hydrogens (tertiary/aromatic N) is 1. The molecule has 0 aromatic heterocycles. The number of likely N-dealkylation sites (tertiary alicyclic amines) is 1. The number of nitrogens with one attached hydrogen (secondary N) is 2. The van der Waals surface area contributed by atoms with Crippen molar-refractivity contribution in [3.63, 3.8) is 0 Å². The summed E-state index contributed by atoms with van der Waals surface area (Å²) in [7, 11) is 1.31. The number of amides is 2. The number of piperidine rings is 1. The smallest absolute Gasteiger partial charge is 0.328 e. The summed E-state index contributed by atoms with van der Waals surface area (Å²) in [6, 6.07) is 24.1. The topological polar surface area (TPSA) is 109 Å². The number of methoxy groups -OCH3 is 1. The zero-order chi connectivity index (χ0) is 31.6. The SMILES string of the molecule is COC(=O)[C@H](Cc1ccccc1)NC(=O)NCc1ccc([C@@H]2O[C@H](CN3CCCCC3)[C@H](C)[C@H](c3ccc(CO)cc3)O2)cc1. The molecule has 3 N–H and O–H groups in total. The van der Waals surface area contributed by atoms with Crippen LogP contribution in [0.4, 0.5) is 4.79 Å². The number of benzene rings is 3. The maximum Gasteiger partial charge on any atom is 0.328 e. The van der Waals surface area contributed by atoms with E-state index >= 15 is 0 Å². The van der Waals surface area contributed by atoms with E-state index in [1.54, 1.807) is 0 Å². The summed E-state index contributed by atoms with van der Waals surface area (Å²) in [4.78, 5) is 27.5. The van der Waals surface area contributed by atoms with Crippen LogP contribution in [0.5, 0.6) is 0 Å². The Labute approximate surface area is 265 Å². The average Bonchev–Trinajstić information content (AvgIpc) is 3.09. The molecule has 0 aliphatic carbocycles. The zero-order valence-electron chi connectivity index (χ0n) is 26.2. The Balaban J connectivity index is 1.23. The third kappa shape index (κ3) is 8.92. The molecule has 9 nitrogen and oxygen atoms in total. The third-order valence-corrected chi connectivity index (χ3v) is 8.79. The average molecular weight is 616 g/mol. The second-order valence-corrected chi connectivity index (χ2v) is 12.0. The highest BCUT2D eigenvalue weighted by atomic mass is 16.7. The molecule has 0 bridgehead atoms. The molecule has 9 heteroatoms. The molecule has 0 spiro atoms. The van der Waals surface area contributed by atoms with Gasteiger partial charge < -0.3 is 34.9 Å². The number of esters is 1. The number of carbonyl (C=O) groups excluding carboxylic acids is 2. The molecule has 2 heterocycles. The van der Waals surface area contributed by atoms with Crippen molar-refractivity contribution < 1.29 is 28.9 Å². The predicted molar refractivity (Wildman–Crippen MR) is 171 cm³/mol. The number of carbonyl (C=O) groups is 2. The van der Waals surface area contributed by atoms with Gasteiger partial charge in [-0.1, -0.05) is 92.2 Å². The lowest BCUT2D eigenvalue weighted by Crippen LogP contribution is -2.47. The van der Waals surface area contributed by atoms with Gasteiger partial charge in [-0.25, -0.2) is 9.59 Å². The molecule has 0 radical (unpaired) electrons. The quantitative estimate of drug-likeness (QED) is 0.260. The summed E-state index contributed by atoms with van der Waals surface area (Å²) < 4.78 is 18.1. The van der Waals surface area contributed by atoms with Crippen molar-refractivity contribution >= 4 is 12.0 Å². The number of rotatable bonds is 11. The largest absolute Gasteiger partial charge is 0.467 e. The minimum absolute atomic E-state index is 0.00644. The van der Waals surface area contributed by atoms with E-state index in [4.69, 9.17) is 14.2 Å². The highest BCUT2D eigenvalue weighted by molar-refractivity contribution is 5.83. The van der Waals surface area contributed by atoms with Gasteiger partial charge in [-0.2, -0.15) is 0 Å². The van der Waals surface area contributed by atoms with E-state index in [1.165, 1.54) is 26.4 Å². The van der Waals surface area contributed by atoms with Crippen LogP contribution in [-0.4, -0.2) is 60.9 Å². The van der Waals surface area contributed by atoms with E-state index in [-0.39, 0.29) is 31.3 Å². The first kappa shape index (κ1) is 32.6. The summed E-state index contributed by atoms with van der Waals surface area (Å²) in [5.41, 5.74) is 4.67. The monoisotopic (exact) mass is 615 g/mol. The molecule has 2 saturated heterocycles. The molecule has 45 heavy (non-hydrogen) atoms. The molecular formula is C36H45N3O6. The van der Waals surface area contributed by atoms with Crippen molar-refractivity contribution in [2.45, 2.75) is 70.3 Å². The van der Waals surface area contributed by atoms with E-state index in [0.717, 1.165) is 47.5 Å². The minimum atomic E-state index is -0.798. The number of urea groups is 1. The summed E-state index contributed by atoms with van der Waals surface area (Å²) in [5.74, 6) is -0.359. The van der Waals surface area contributed by atoms with Gasteiger partial charge in [0.2, 0.25) is 0 Å². The van der Waals surface area contributed by atoms with Gasteiger partial charge >= 0.3 is 12.0 Å². The molecule has 3 aromatic rings. The van der Waals surface area contributed by atoms with Crippen molar-refractivity contribution in [3.8, 4) is 0 Å². The minimum Gasteiger partial charge on any atom is -0.467 e. The Kier molecular flexibility index (Phi) is 11.6. The van der Waals surface area contributed by atoms with Crippen LogP contribution >= 0.6 is 0 Å². The molecule has 2 fully saturated rings. The number of aliphatic hydroxyl groups excluding tert-OH is 1. The molecule has 0 saturated carbocycles. The van der Waals surface area contributed by atoms with E-state index in [9.17, 15) is 14.7 Å². The van der Waals surface area contributed by atoms with Gasteiger partial charge in [0.25, 0.3) is 0 Å². The number of hydrogen-bond acceptors (Lipinski definition) is 7. The number of hydrogen-bond donors (Lipinski definition) is 3. The lowest BCUT2D eigenvalue weighted by atomic mass is 9.89. The Morgan fingerprint density at radius 2 is 1.56 bits per heavy atom. The zero-order valence-corrected chi connectivity index (χ0v) is 26.2. The molecule has 0 unspecified atom stereocenters. The Morgan fingerprint density at radius 1 is 0.889 bits per heavy atom. The Morgan fingerprint density at radius 3 is 2.22 bits per heavy atom. The highest BCUT2D eigenvalue weighted by Gasteiger charge is 2.39. The summed E-state index contributed by atoms with van der Waals surface area (Å²) in [5, 5.41) is 15.1. The van der Waals surface area contributed by atoms with Gasteiger partial charge in [-0.3, -0.25) is 0 Å². The van der Waals surface area contributed by atoms with Gasteiger partial charge in [0.15, 0.2) is 6.29 Å². The second kappa shape index (κ2) is 16.0. The molecule has 5 atom stereocenters. The third-order valence-electron chi connectivity index (χ3n) is 8.79. The molecule has 240 valence electrons. The van der Waals surface area contributed by atoms with Crippen molar-refractivity contribution in [2.24, 2.45) is 5.92 Å². The van der Waals surface area contributed by atoms with Gasteiger partial charge in [0.1, 0.15) is 6.04 Å². The molecule has 2 aliphatic rings. The first-order chi connectivity index (χ1) is 21.9. The van der Waals surface area contributed by atoms with Crippen LogP contribution < -0.4 is 10.6 Å². The lowest BCUT2D eigenvalue weighted by molar-refractivity contribution is -0.276. The van der Waals surface area contributed by atoms with E-state index in [1.807, 2.05) is 78.9 Å². The van der Waals surface area contributed by atoms with Crippen LogP contribution in [0.3, 0.4) is 0 Å². The van der Waals surface area contributed by atoms with E-state index in [2.05, 4.69) is 22.5 Å². The molecule has 2 amide bonds. The van der Waals surface area contributed by atoms with Gasteiger partial charge in [-0.15, -0.1) is 0 Å². The second-order valence-electron chi connectivity index (χ2n) is 12.0.